The minimum absolute atomic E-state index is 0.0255. The molecule has 0 aliphatic heterocycles. The number of esters is 1. The molecule has 100 valence electrons. The topological polar surface area (TPSA) is 60.4 Å². The monoisotopic (exact) mass is 270 g/mol. The van der Waals surface area contributed by atoms with E-state index in [-0.39, 0.29) is 17.4 Å². The second kappa shape index (κ2) is 5.52. The Kier molecular flexibility index (Phi) is 4.51. The number of sulfone groups is 1. The van der Waals surface area contributed by atoms with Crippen LogP contribution in [0.3, 0.4) is 0 Å². The fraction of sp³-hybridized carbons (Fsp3) is 0.462. The first-order valence-corrected chi connectivity index (χ1v) is 7.58. The van der Waals surface area contributed by atoms with E-state index in [1.165, 1.54) is 6.07 Å². The van der Waals surface area contributed by atoms with Crippen molar-refractivity contribution in [1.29, 1.82) is 0 Å². The molecule has 18 heavy (non-hydrogen) atoms. The molecule has 0 amide bonds. The zero-order valence-corrected chi connectivity index (χ0v) is 11.9. The summed E-state index contributed by atoms with van der Waals surface area (Å²) >= 11 is 0. The van der Waals surface area contributed by atoms with Gasteiger partial charge in [-0.25, -0.2) is 8.42 Å². The fourth-order valence-electron chi connectivity index (χ4n) is 1.67. The highest BCUT2D eigenvalue weighted by Gasteiger charge is 2.17. The Balaban J connectivity index is 3.08. The van der Waals surface area contributed by atoms with E-state index in [9.17, 15) is 13.2 Å². The highest BCUT2D eigenvalue weighted by Crippen LogP contribution is 2.18. The molecule has 0 aliphatic rings. The van der Waals surface area contributed by atoms with E-state index in [1.54, 1.807) is 26.0 Å². The summed E-state index contributed by atoms with van der Waals surface area (Å²) in [6, 6.07) is 4.95. The minimum atomic E-state index is -3.33. The molecule has 0 aromatic heterocycles. The maximum absolute atomic E-state index is 11.6. The molecule has 0 saturated heterocycles. The van der Waals surface area contributed by atoms with Gasteiger partial charge in [-0.2, -0.15) is 0 Å². The van der Waals surface area contributed by atoms with Crippen LogP contribution < -0.4 is 0 Å². The van der Waals surface area contributed by atoms with Crippen molar-refractivity contribution in [1.82, 2.24) is 0 Å². The average Bonchev–Trinajstić information content (AvgIpc) is 2.13. The molecule has 0 spiro atoms. The number of carbonyl (C=O) groups is 1. The van der Waals surface area contributed by atoms with Gasteiger partial charge < -0.3 is 4.74 Å². The largest absolute Gasteiger partial charge is 0.463 e. The van der Waals surface area contributed by atoms with Crippen LogP contribution in [0.25, 0.3) is 0 Å². The van der Waals surface area contributed by atoms with Gasteiger partial charge in [0.1, 0.15) is 0 Å². The molecule has 1 rings (SSSR count). The summed E-state index contributed by atoms with van der Waals surface area (Å²) in [5, 5.41) is 0. The van der Waals surface area contributed by atoms with E-state index in [1.807, 2.05) is 6.92 Å². The number of benzene rings is 1. The van der Waals surface area contributed by atoms with Crippen molar-refractivity contribution in [2.75, 3.05) is 6.26 Å². The van der Waals surface area contributed by atoms with Crippen LogP contribution in [0.5, 0.6) is 0 Å². The second-order valence-corrected chi connectivity index (χ2v) is 6.58. The normalized spacial score (nSPS) is 11.6. The summed E-state index contributed by atoms with van der Waals surface area (Å²) in [4.78, 5) is 11.8. The van der Waals surface area contributed by atoms with Gasteiger partial charge in [-0.05, 0) is 32.4 Å². The minimum Gasteiger partial charge on any atom is -0.463 e. The summed E-state index contributed by atoms with van der Waals surface area (Å²) in [5.41, 5.74) is 1.40. The molecule has 0 unspecified atom stereocenters. The summed E-state index contributed by atoms with van der Waals surface area (Å²) in [7, 11) is -3.33. The smallest absolute Gasteiger partial charge is 0.310 e. The molecule has 0 heterocycles. The summed E-state index contributed by atoms with van der Waals surface area (Å²) in [6.45, 7) is 5.36. The van der Waals surface area contributed by atoms with E-state index in [0.717, 1.165) is 11.8 Å². The van der Waals surface area contributed by atoms with Crippen molar-refractivity contribution < 1.29 is 17.9 Å². The SMILES string of the molecule is Cc1ccc(S(C)(=O)=O)c(CC(=O)OC(C)C)c1. The van der Waals surface area contributed by atoms with Gasteiger partial charge in [-0.15, -0.1) is 0 Å². The lowest BCUT2D eigenvalue weighted by atomic mass is 10.1. The average molecular weight is 270 g/mol. The zero-order valence-electron chi connectivity index (χ0n) is 11.1. The third-order valence-corrected chi connectivity index (χ3v) is 3.51. The Morgan fingerprint density at radius 1 is 1.33 bits per heavy atom. The van der Waals surface area contributed by atoms with Crippen LogP contribution in [0.1, 0.15) is 25.0 Å². The van der Waals surface area contributed by atoms with Crippen molar-refractivity contribution in [3.63, 3.8) is 0 Å². The Hall–Kier alpha value is -1.36. The van der Waals surface area contributed by atoms with E-state index >= 15 is 0 Å². The van der Waals surface area contributed by atoms with Crippen LogP contribution in [-0.2, 0) is 25.8 Å². The molecule has 4 nitrogen and oxygen atoms in total. The van der Waals surface area contributed by atoms with E-state index < -0.39 is 15.8 Å². The number of aryl methyl sites for hydroxylation is 1. The lowest BCUT2D eigenvalue weighted by Gasteiger charge is -2.11. The Morgan fingerprint density at radius 2 is 1.94 bits per heavy atom. The first kappa shape index (κ1) is 14.7. The van der Waals surface area contributed by atoms with Gasteiger partial charge in [-0.3, -0.25) is 4.79 Å². The Bertz CT molecular complexity index is 544. The lowest BCUT2D eigenvalue weighted by molar-refractivity contribution is -0.146. The Labute approximate surface area is 108 Å². The van der Waals surface area contributed by atoms with E-state index in [2.05, 4.69) is 0 Å². The van der Waals surface area contributed by atoms with Gasteiger partial charge in [0.15, 0.2) is 9.84 Å². The van der Waals surface area contributed by atoms with E-state index in [4.69, 9.17) is 4.74 Å². The Morgan fingerprint density at radius 3 is 2.44 bits per heavy atom. The van der Waals surface area contributed by atoms with Crippen molar-refractivity contribution >= 4 is 15.8 Å². The molecule has 1 aromatic rings. The van der Waals surface area contributed by atoms with Gasteiger partial charge in [0.05, 0.1) is 17.4 Å². The van der Waals surface area contributed by atoms with Crippen molar-refractivity contribution in [2.45, 2.75) is 38.2 Å². The molecule has 0 fully saturated rings. The van der Waals surface area contributed by atoms with Crippen LogP contribution in [0.15, 0.2) is 23.1 Å². The quantitative estimate of drug-likeness (QED) is 0.784. The van der Waals surface area contributed by atoms with Crippen LogP contribution >= 0.6 is 0 Å². The molecular formula is C13H18O4S. The number of hydrogen-bond acceptors (Lipinski definition) is 4. The number of carbonyl (C=O) groups excluding carboxylic acids is 1. The highest BCUT2D eigenvalue weighted by atomic mass is 32.2. The second-order valence-electron chi connectivity index (χ2n) is 4.60. The van der Waals surface area contributed by atoms with Gasteiger partial charge in [0.25, 0.3) is 0 Å². The molecular weight excluding hydrogens is 252 g/mol. The molecule has 0 aliphatic carbocycles. The van der Waals surface area contributed by atoms with Crippen LogP contribution in [0, 0.1) is 6.92 Å². The van der Waals surface area contributed by atoms with Crippen molar-refractivity contribution in [3.05, 3.63) is 29.3 Å². The fourth-order valence-corrected chi connectivity index (χ4v) is 2.59. The predicted octanol–water partition coefficient (Wildman–Crippen LogP) is 1.89. The first-order valence-electron chi connectivity index (χ1n) is 5.69. The van der Waals surface area contributed by atoms with Gasteiger partial charge in [0, 0.05) is 6.26 Å². The zero-order chi connectivity index (χ0) is 13.9. The molecule has 0 bridgehead atoms. The number of ether oxygens (including phenoxy) is 1. The first-order chi connectivity index (χ1) is 8.20. The van der Waals surface area contributed by atoms with Gasteiger partial charge in [0.2, 0.25) is 0 Å². The highest BCUT2D eigenvalue weighted by molar-refractivity contribution is 7.90. The van der Waals surface area contributed by atoms with Crippen LogP contribution in [0.4, 0.5) is 0 Å². The molecule has 0 atom stereocenters. The van der Waals surface area contributed by atoms with Crippen LogP contribution in [-0.4, -0.2) is 26.7 Å². The third kappa shape index (κ3) is 4.14. The molecule has 5 heteroatoms. The standard InChI is InChI=1S/C13H18O4S/c1-9(2)17-13(14)8-11-7-10(3)5-6-12(11)18(4,15)16/h5-7,9H,8H2,1-4H3. The van der Waals surface area contributed by atoms with Crippen molar-refractivity contribution in [3.8, 4) is 0 Å². The maximum Gasteiger partial charge on any atom is 0.310 e. The molecule has 0 saturated carbocycles. The predicted molar refractivity (Wildman–Crippen MR) is 69.2 cm³/mol. The summed E-state index contributed by atoms with van der Waals surface area (Å²) in [6.07, 6.45) is 0.904. The third-order valence-electron chi connectivity index (χ3n) is 2.32. The van der Waals surface area contributed by atoms with Crippen molar-refractivity contribution in [2.24, 2.45) is 0 Å². The number of hydrogen-bond donors (Lipinski definition) is 0. The lowest BCUT2D eigenvalue weighted by Crippen LogP contribution is -2.15. The molecule has 1 aromatic carbocycles. The summed E-state index contributed by atoms with van der Waals surface area (Å²) < 4.78 is 28.3. The molecule has 0 radical (unpaired) electrons. The van der Waals surface area contributed by atoms with Gasteiger partial charge in [-0.1, -0.05) is 17.7 Å². The summed E-state index contributed by atoms with van der Waals surface area (Å²) in [5.74, 6) is -0.416. The molecule has 0 N–H and O–H groups in total. The van der Waals surface area contributed by atoms with E-state index in [0.29, 0.717) is 5.56 Å². The number of rotatable bonds is 4. The maximum atomic E-state index is 11.6. The van der Waals surface area contributed by atoms with Gasteiger partial charge >= 0.3 is 5.97 Å². The van der Waals surface area contributed by atoms with Crippen LogP contribution in [0.2, 0.25) is 0 Å².